The van der Waals surface area contributed by atoms with E-state index in [4.69, 9.17) is 4.74 Å². The fourth-order valence-electron chi connectivity index (χ4n) is 5.35. The lowest BCUT2D eigenvalue weighted by atomic mass is 9.76. The van der Waals surface area contributed by atoms with E-state index < -0.39 is 5.54 Å². The standard InChI is InChI=1S/C26H29N3O3/c1-17-9-11-18(12-10-17)20-15-29-22(30)16-28(13-6-14-32-3)25(31)26(29,2)24-23(20)19-7-4-5-8-21(19)27-24/h4-5,7-12,20,27H,6,13-16H2,1-3H3/t20-,26+/m1/s1. The van der Waals surface area contributed by atoms with Crippen LogP contribution in [0.4, 0.5) is 0 Å². The summed E-state index contributed by atoms with van der Waals surface area (Å²) in [6.45, 7) is 5.66. The zero-order valence-electron chi connectivity index (χ0n) is 18.9. The van der Waals surface area contributed by atoms with Gasteiger partial charge in [0.25, 0.3) is 5.91 Å². The molecule has 2 amide bonds. The summed E-state index contributed by atoms with van der Waals surface area (Å²) >= 11 is 0. The minimum atomic E-state index is -1.04. The van der Waals surface area contributed by atoms with Crippen molar-refractivity contribution in [2.45, 2.75) is 31.7 Å². The predicted molar refractivity (Wildman–Crippen MR) is 123 cm³/mol. The molecule has 1 fully saturated rings. The molecule has 32 heavy (non-hydrogen) atoms. The monoisotopic (exact) mass is 431 g/mol. The lowest BCUT2D eigenvalue weighted by molar-refractivity contribution is -0.166. The van der Waals surface area contributed by atoms with Crippen LogP contribution in [0.3, 0.4) is 0 Å². The molecule has 0 spiro atoms. The number of amides is 2. The molecule has 3 heterocycles. The third-order valence-electron chi connectivity index (χ3n) is 7.07. The lowest BCUT2D eigenvalue weighted by Crippen LogP contribution is -2.67. The molecular formula is C26H29N3O3. The molecule has 0 unspecified atom stereocenters. The van der Waals surface area contributed by atoms with Crippen LogP contribution in [0, 0.1) is 6.92 Å². The molecular weight excluding hydrogens is 402 g/mol. The topological polar surface area (TPSA) is 65.6 Å². The average molecular weight is 432 g/mol. The second-order valence-electron chi connectivity index (χ2n) is 9.07. The second-order valence-corrected chi connectivity index (χ2v) is 9.07. The van der Waals surface area contributed by atoms with Crippen molar-refractivity contribution in [3.05, 3.63) is 70.9 Å². The molecule has 2 aliphatic heterocycles. The van der Waals surface area contributed by atoms with Crippen LogP contribution in [-0.2, 0) is 19.9 Å². The van der Waals surface area contributed by atoms with Gasteiger partial charge in [0.15, 0.2) is 5.54 Å². The Bertz CT molecular complexity index is 1180. The predicted octanol–water partition coefficient (Wildman–Crippen LogP) is 3.54. The third-order valence-corrected chi connectivity index (χ3v) is 7.07. The van der Waals surface area contributed by atoms with E-state index in [9.17, 15) is 9.59 Å². The first-order valence-electron chi connectivity index (χ1n) is 11.2. The summed E-state index contributed by atoms with van der Waals surface area (Å²) in [7, 11) is 1.65. The molecule has 166 valence electrons. The molecule has 6 heteroatoms. The van der Waals surface area contributed by atoms with Crippen LogP contribution in [0.15, 0.2) is 48.5 Å². The van der Waals surface area contributed by atoms with Crippen LogP contribution < -0.4 is 0 Å². The van der Waals surface area contributed by atoms with Crippen LogP contribution >= 0.6 is 0 Å². The number of rotatable bonds is 5. The van der Waals surface area contributed by atoms with Gasteiger partial charge in [0, 0.05) is 43.6 Å². The highest BCUT2D eigenvalue weighted by molar-refractivity contribution is 6.01. The molecule has 1 aromatic heterocycles. The molecule has 0 saturated carbocycles. The molecule has 5 rings (SSSR count). The maximum atomic E-state index is 13.8. The number of nitrogens with one attached hydrogen (secondary N) is 1. The Kier molecular flexibility index (Phi) is 5.05. The third kappa shape index (κ3) is 3.05. The van der Waals surface area contributed by atoms with Crippen LogP contribution in [0.25, 0.3) is 10.9 Å². The Morgan fingerprint density at radius 1 is 1.12 bits per heavy atom. The summed E-state index contributed by atoms with van der Waals surface area (Å²) in [6.07, 6.45) is 0.706. The fraction of sp³-hybridized carbons (Fsp3) is 0.385. The lowest BCUT2D eigenvalue weighted by Gasteiger charge is -2.51. The number of aromatic nitrogens is 1. The molecule has 0 radical (unpaired) electrons. The summed E-state index contributed by atoms with van der Waals surface area (Å²) in [5.74, 6) is -0.0269. The summed E-state index contributed by atoms with van der Waals surface area (Å²) in [5.41, 5.74) is 4.27. The summed E-state index contributed by atoms with van der Waals surface area (Å²) < 4.78 is 5.15. The first kappa shape index (κ1) is 20.8. The van der Waals surface area contributed by atoms with Gasteiger partial charge < -0.3 is 19.5 Å². The van der Waals surface area contributed by atoms with Crippen molar-refractivity contribution in [1.82, 2.24) is 14.8 Å². The van der Waals surface area contributed by atoms with Crippen molar-refractivity contribution in [1.29, 1.82) is 0 Å². The highest BCUT2D eigenvalue weighted by Crippen LogP contribution is 2.48. The molecule has 2 aliphatic rings. The van der Waals surface area contributed by atoms with Crippen LogP contribution in [0.2, 0.25) is 0 Å². The zero-order valence-corrected chi connectivity index (χ0v) is 18.9. The number of carbonyl (C=O) groups excluding carboxylic acids is 2. The number of hydrogen-bond acceptors (Lipinski definition) is 3. The minimum absolute atomic E-state index is 0.00613. The maximum absolute atomic E-state index is 13.8. The van der Waals surface area contributed by atoms with E-state index in [-0.39, 0.29) is 24.3 Å². The highest BCUT2D eigenvalue weighted by Gasteiger charge is 2.56. The number of methoxy groups -OCH3 is 1. The second kappa shape index (κ2) is 7.78. The first-order chi connectivity index (χ1) is 15.4. The van der Waals surface area contributed by atoms with Crippen LogP contribution in [0.5, 0.6) is 0 Å². The SMILES string of the molecule is COCCCN1CC(=O)N2C[C@H](c3ccc(C)cc3)c3c([nH]c4ccccc34)[C@@]2(C)C1=O. The number of hydrogen-bond donors (Lipinski definition) is 1. The average Bonchev–Trinajstić information content (AvgIpc) is 3.19. The molecule has 1 N–H and O–H groups in total. The molecule has 2 aromatic carbocycles. The molecule has 1 saturated heterocycles. The van der Waals surface area contributed by atoms with Gasteiger partial charge in [0.1, 0.15) is 0 Å². The summed E-state index contributed by atoms with van der Waals surface area (Å²) in [4.78, 5) is 34.2. The van der Waals surface area contributed by atoms with Gasteiger partial charge in [-0.05, 0) is 37.5 Å². The number of nitrogens with zero attached hydrogens (tertiary/aromatic N) is 2. The van der Waals surface area contributed by atoms with E-state index in [0.717, 1.165) is 27.7 Å². The Hall–Kier alpha value is -3.12. The largest absolute Gasteiger partial charge is 0.385 e. The van der Waals surface area contributed by atoms with Gasteiger partial charge in [-0.3, -0.25) is 9.59 Å². The zero-order chi connectivity index (χ0) is 22.5. The Morgan fingerprint density at radius 2 is 1.88 bits per heavy atom. The normalized spacial score (nSPS) is 22.9. The number of H-pyrrole nitrogens is 1. The minimum Gasteiger partial charge on any atom is -0.385 e. The van der Waals surface area contributed by atoms with E-state index in [0.29, 0.717) is 26.1 Å². The number of piperazine rings is 1. The fourth-order valence-corrected chi connectivity index (χ4v) is 5.35. The number of aromatic amines is 1. The smallest absolute Gasteiger partial charge is 0.254 e. The molecule has 0 bridgehead atoms. The van der Waals surface area contributed by atoms with E-state index in [1.807, 2.05) is 25.1 Å². The Labute approximate surface area is 188 Å². The van der Waals surface area contributed by atoms with Crippen molar-refractivity contribution >= 4 is 22.7 Å². The van der Waals surface area contributed by atoms with Gasteiger partial charge in [-0.25, -0.2) is 0 Å². The van der Waals surface area contributed by atoms with Gasteiger partial charge in [0.2, 0.25) is 5.91 Å². The van der Waals surface area contributed by atoms with Gasteiger partial charge in [-0.1, -0.05) is 48.0 Å². The van der Waals surface area contributed by atoms with E-state index in [1.54, 1.807) is 16.9 Å². The number of ether oxygens (including phenoxy) is 1. The number of aryl methyl sites for hydroxylation is 1. The van der Waals surface area contributed by atoms with Crippen molar-refractivity contribution in [2.75, 3.05) is 33.4 Å². The maximum Gasteiger partial charge on any atom is 0.254 e. The highest BCUT2D eigenvalue weighted by atomic mass is 16.5. The quantitative estimate of drug-likeness (QED) is 0.629. The van der Waals surface area contributed by atoms with Gasteiger partial charge in [-0.15, -0.1) is 0 Å². The molecule has 3 aromatic rings. The molecule has 0 aliphatic carbocycles. The number of para-hydroxylation sites is 1. The van der Waals surface area contributed by atoms with Crippen LogP contribution in [0.1, 0.15) is 41.6 Å². The van der Waals surface area contributed by atoms with E-state index in [1.165, 1.54) is 5.56 Å². The number of carbonyl (C=O) groups is 2. The van der Waals surface area contributed by atoms with E-state index >= 15 is 0 Å². The van der Waals surface area contributed by atoms with Gasteiger partial charge in [0.05, 0.1) is 12.2 Å². The summed E-state index contributed by atoms with van der Waals surface area (Å²) in [6, 6.07) is 16.7. The van der Waals surface area contributed by atoms with Crippen LogP contribution in [-0.4, -0.2) is 59.9 Å². The molecule has 2 atom stereocenters. The molecule has 6 nitrogen and oxygen atoms in total. The van der Waals surface area contributed by atoms with Crippen molar-refractivity contribution < 1.29 is 14.3 Å². The first-order valence-corrected chi connectivity index (χ1v) is 11.2. The van der Waals surface area contributed by atoms with Crippen molar-refractivity contribution in [2.24, 2.45) is 0 Å². The van der Waals surface area contributed by atoms with Gasteiger partial charge >= 0.3 is 0 Å². The number of fused-ring (bicyclic) bond motifs is 5. The summed E-state index contributed by atoms with van der Waals surface area (Å²) in [5, 5.41) is 1.12. The Balaban J connectivity index is 1.67. The van der Waals surface area contributed by atoms with Crippen molar-refractivity contribution in [3.63, 3.8) is 0 Å². The number of benzene rings is 2. The van der Waals surface area contributed by atoms with Gasteiger partial charge in [-0.2, -0.15) is 0 Å². The Morgan fingerprint density at radius 3 is 2.62 bits per heavy atom. The van der Waals surface area contributed by atoms with E-state index in [2.05, 4.69) is 42.2 Å². The van der Waals surface area contributed by atoms with Crippen molar-refractivity contribution in [3.8, 4) is 0 Å².